The van der Waals surface area contributed by atoms with Crippen LogP contribution in [-0.4, -0.2) is 78.4 Å². The van der Waals surface area contributed by atoms with Gasteiger partial charge in [0, 0.05) is 70.2 Å². The third-order valence-electron chi connectivity index (χ3n) is 4.46. The van der Waals surface area contributed by atoms with Gasteiger partial charge < -0.3 is 15.1 Å². The Morgan fingerprint density at radius 3 is 2.87 bits per heavy atom. The number of rotatable bonds is 2. The molecule has 1 N–H and O–H groups in total. The van der Waals surface area contributed by atoms with Crippen LogP contribution in [0.25, 0.3) is 0 Å². The first-order valence-corrected chi connectivity index (χ1v) is 8.69. The van der Waals surface area contributed by atoms with Gasteiger partial charge in [-0.05, 0) is 0 Å². The second kappa shape index (κ2) is 6.45. The van der Waals surface area contributed by atoms with Gasteiger partial charge in [-0.3, -0.25) is 9.69 Å². The summed E-state index contributed by atoms with van der Waals surface area (Å²) in [6, 6.07) is 0.0137. The standard InChI is InChI=1S/C15H23N5O2S/c1-18(2)14(22)20-5-4-19(8-13-16-3-6-23-13)10-15(11-20)7-12(21)17-9-15/h3,6H,4-5,7-11H2,1-2H3,(H,17,21). The highest BCUT2D eigenvalue weighted by Gasteiger charge is 2.44. The fourth-order valence-corrected chi connectivity index (χ4v) is 4.09. The molecule has 2 fully saturated rings. The minimum atomic E-state index is -0.198. The van der Waals surface area contributed by atoms with Crippen LogP contribution < -0.4 is 5.32 Å². The minimum absolute atomic E-state index is 0.0137. The first-order valence-electron chi connectivity index (χ1n) is 7.81. The van der Waals surface area contributed by atoms with E-state index >= 15 is 0 Å². The summed E-state index contributed by atoms with van der Waals surface area (Å²) in [6.07, 6.45) is 2.30. The van der Waals surface area contributed by atoms with Gasteiger partial charge in [-0.2, -0.15) is 0 Å². The van der Waals surface area contributed by atoms with Crippen molar-refractivity contribution in [2.24, 2.45) is 5.41 Å². The van der Waals surface area contributed by atoms with E-state index in [1.54, 1.807) is 30.3 Å². The molecule has 3 rings (SSSR count). The lowest BCUT2D eigenvalue weighted by molar-refractivity contribution is -0.119. The molecule has 3 amide bonds. The maximum Gasteiger partial charge on any atom is 0.319 e. The number of thiazole rings is 1. The van der Waals surface area contributed by atoms with Crippen molar-refractivity contribution < 1.29 is 9.59 Å². The van der Waals surface area contributed by atoms with Crippen molar-refractivity contribution >= 4 is 23.3 Å². The number of carbonyl (C=O) groups is 2. The number of carbonyl (C=O) groups excluding carboxylic acids is 2. The zero-order valence-electron chi connectivity index (χ0n) is 13.6. The van der Waals surface area contributed by atoms with Crippen LogP contribution in [0, 0.1) is 5.41 Å². The van der Waals surface area contributed by atoms with Crippen LogP contribution in [0.1, 0.15) is 11.4 Å². The van der Waals surface area contributed by atoms with Crippen LogP contribution in [0.4, 0.5) is 4.79 Å². The Bertz CT molecular complexity index is 576. The van der Waals surface area contributed by atoms with E-state index in [9.17, 15) is 9.59 Å². The van der Waals surface area contributed by atoms with E-state index in [2.05, 4.69) is 15.2 Å². The number of nitrogens with zero attached hydrogens (tertiary/aromatic N) is 4. The molecule has 2 aliphatic rings. The summed E-state index contributed by atoms with van der Waals surface area (Å²) in [4.78, 5) is 34.4. The van der Waals surface area contributed by atoms with Crippen LogP contribution in [0.2, 0.25) is 0 Å². The number of hydrogen-bond acceptors (Lipinski definition) is 5. The van der Waals surface area contributed by atoms with Gasteiger partial charge in [0.25, 0.3) is 0 Å². The minimum Gasteiger partial charge on any atom is -0.355 e. The Morgan fingerprint density at radius 1 is 1.43 bits per heavy atom. The van der Waals surface area contributed by atoms with E-state index < -0.39 is 0 Å². The van der Waals surface area contributed by atoms with Crippen molar-refractivity contribution in [2.75, 3.05) is 46.8 Å². The monoisotopic (exact) mass is 337 g/mol. The quantitative estimate of drug-likeness (QED) is 0.851. The molecule has 1 spiro atoms. The molecular formula is C15H23N5O2S. The molecule has 0 radical (unpaired) electrons. The maximum atomic E-state index is 12.4. The SMILES string of the molecule is CN(C)C(=O)N1CCN(Cc2nccs2)CC2(CNC(=O)C2)C1. The van der Waals surface area contributed by atoms with Gasteiger partial charge in [0.1, 0.15) is 5.01 Å². The van der Waals surface area contributed by atoms with Gasteiger partial charge in [0.05, 0.1) is 6.54 Å². The molecule has 8 heteroatoms. The van der Waals surface area contributed by atoms with Crippen molar-refractivity contribution in [3.8, 4) is 0 Å². The lowest BCUT2D eigenvalue weighted by atomic mass is 9.86. The zero-order valence-corrected chi connectivity index (χ0v) is 14.4. The molecule has 1 unspecified atom stereocenters. The molecule has 0 aliphatic carbocycles. The molecule has 3 heterocycles. The van der Waals surface area contributed by atoms with Crippen LogP contribution >= 0.6 is 11.3 Å². The topological polar surface area (TPSA) is 68.8 Å². The van der Waals surface area contributed by atoms with Gasteiger partial charge in [-0.25, -0.2) is 9.78 Å². The number of amides is 3. The van der Waals surface area contributed by atoms with Gasteiger partial charge in [-0.1, -0.05) is 0 Å². The van der Waals surface area contributed by atoms with E-state index in [1.807, 2.05) is 16.5 Å². The molecular weight excluding hydrogens is 314 g/mol. The zero-order chi connectivity index (χ0) is 16.4. The third-order valence-corrected chi connectivity index (χ3v) is 5.23. The largest absolute Gasteiger partial charge is 0.355 e. The first-order chi connectivity index (χ1) is 11.0. The molecule has 1 aromatic heterocycles. The highest BCUT2D eigenvalue weighted by molar-refractivity contribution is 7.09. The fraction of sp³-hybridized carbons (Fsp3) is 0.667. The summed E-state index contributed by atoms with van der Waals surface area (Å²) in [5, 5.41) is 6.00. The molecule has 0 bridgehead atoms. The molecule has 23 heavy (non-hydrogen) atoms. The lowest BCUT2D eigenvalue weighted by Crippen LogP contribution is -2.47. The molecule has 0 saturated carbocycles. The van der Waals surface area contributed by atoms with Gasteiger partial charge >= 0.3 is 6.03 Å². The molecule has 7 nitrogen and oxygen atoms in total. The molecule has 2 saturated heterocycles. The average molecular weight is 337 g/mol. The van der Waals surface area contributed by atoms with Gasteiger partial charge in [-0.15, -0.1) is 11.3 Å². The van der Waals surface area contributed by atoms with Crippen LogP contribution in [0.5, 0.6) is 0 Å². The number of urea groups is 1. The predicted molar refractivity (Wildman–Crippen MR) is 88.1 cm³/mol. The molecule has 1 atom stereocenters. The fourth-order valence-electron chi connectivity index (χ4n) is 3.43. The number of aromatic nitrogens is 1. The van der Waals surface area contributed by atoms with E-state index in [0.717, 1.165) is 24.6 Å². The Kier molecular flexibility index (Phi) is 4.54. The van der Waals surface area contributed by atoms with Crippen LogP contribution in [0.3, 0.4) is 0 Å². The van der Waals surface area contributed by atoms with Crippen molar-refractivity contribution in [1.82, 2.24) is 25.0 Å². The smallest absolute Gasteiger partial charge is 0.319 e. The summed E-state index contributed by atoms with van der Waals surface area (Å²) >= 11 is 1.64. The van der Waals surface area contributed by atoms with E-state index in [-0.39, 0.29) is 17.4 Å². The summed E-state index contributed by atoms with van der Waals surface area (Å²) < 4.78 is 0. The maximum absolute atomic E-state index is 12.4. The summed E-state index contributed by atoms with van der Waals surface area (Å²) in [5.41, 5.74) is -0.198. The average Bonchev–Trinajstić information content (AvgIpc) is 3.08. The highest BCUT2D eigenvalue weighted by Crippen LogP contribution is 2.31. The molecule has 126 valence electrons. The second-order valence-electron chi connectivity index (χ2n) is 6.69. The van der Waals surface area contributed by atoms with E-state index in [4.69, 9.17) is 0 Å². The van der Waals surface area contributed by atoms with Gasteiger partial charge in [0.2, 0.25) is 5.91 Å². The predicted octanol–water partition coefficient (Wildman–Crippen LogP) is 0.449. The van der Waals surface area contributed by atoms with Crippen molar-refractivity contribution in [1.29, 1.82) is 0 Å². The van der Waals surface area contributed by atoms with Crippen LogP contribution in [0.15, 0.2) is 11.6 Å². The van der Waals surface area contributed by atoms with Gasteiger partial charge in [0.15, 0.2) is 0 Å². The third kappa shape index (κ3) is 3.64. The highest BCUT2D eigenvalue weighted by atomic mass is 32.1. The van der Waals surface area contributed by atoms with Crippen molar-refractivity contribution in [3.63, 3.8) is 0 Å². The van der Waals surface area contributed by atoms with E-state index in [1.165, 1.54) is 0 Å². The molecule has 0 aromatic carbocycles. The summed E-state index contributed by atoms with van der Waals surface area (Å²) in [7, 11) is 3.54. The summed E-state index contributed by atoms with van der Waals surface area (Å²) in [5.74, 6) is 0.0818. The molecule has 2 aliphatic heterocycles. The first kappa shape index (κ1) is 16.2. The Hall–Kier alpha value is -1.67. The van der Waals surface area contributed by atoms with Crippen molar-refractivity contribution in [3.05, 3.63) is 16.6 Å². The summed E-state index contributed by atoms with van der Waals surface area (Å²) in [6.45, 7) is 4.32. The van der Waals surface area contributed by atoms with E-state index in [0.29, 0.717) is 26.1 Å². The van der Waals surface area contributed by atoms with Crippen LogP contribution in [-0.2, 0) is 11.3 Å². The normalized spacial score (nSPS) is 25.5. The Balaban J connectivity index is 1.78. The lowest BCUT2D eigenvalue weighted by Gasteiger charge is -2.33. The Morgan fingerprint density at radius 2 is 2.26 bits per heavy atom. The second-order valence-corrected chi connectivity index (χ2v) is 7.67. The number of hydrogen-bond donors (Lipinski definition) is 1. The van der Waals surface area contributed by atoms with Crippen molar-refractivity contribution in [2.45, 2.75) is 13.0 Å². The number of nitrogens with one attached hydrogen (secondary N) is 1. The molecule has 1 aromatic rings. The Labute approximate surface area is 140 Å².